The maximum atomic E-state index is 12.3. The van der Waals surface area contributed by atoms with Crippen molar-refractivity contribution in [2.45, 2.75) is 0 Å². The van der Waals surface area contributed by atoms with E-state index in [1.807, 2.05) is 6.07 Å². The summed E-state index contributed by atoms with van der Waals surface area (Å²) < 4.78 is 14.8. The molecule has 2 aromatic carbocycles. The number of ether oxygens (including phenoxy) is 3. The second-order valence-electron chi connectivity index (χ2n) is 5.14. The van der Waals surface area contributed by atoms with Crippen LogP contribution in [0.5, 0.6) is 5.75 Å². The summed E-state index contributed by atoms with van der Waals surface area (Å²) in [5.41, 5.74) is 1.06. The molecule has 0 bridgehead atoms. The molecule has 0 saturated carbocycles. The van der Waals surface area contributed by atoms with Crippen molar-refractivity contribution in [3.8, 4) is 5.75 Å². The van der Waals surface area contributed by atoms with E-state index in [9.17, 15) is 14.4 Å². The predicted molar refractivity (Wildman–Crippen MR) is 94.3 cm³/mol. The minimum absolute atomic E-state index is 0.0478. The maximum Gasteiger partial charge on any atom is 0.513 e. The number of hydrogen-bond donors (Lipinski definition) is 0. The molecule has 2 aromatic rings. The lowest BCUT2D eigenvalue weighted by atomic mass is 10.0. The van der Waals surface area contributed by atoms with Gasteiger partial charge in [0.05, 0.1) is 6.61 Å². The Bertz CT molecular complexity index is 765. The van der Waals surface area contributed by atoms with E-state index in [2.05, 4.69) is 6.58 Å². The average Bonchev–Trinajstić information content (AvgIpc) is 2.68. The molecule has 0 atom stereocenters. The van der Waals surface area contributed by atoms with Crippen molar-refractivity contribution in [1.29, 1.82) is 0 Å². The Morgan fingerprint density at radius 3 is 2.19 bits per heavy atom. The average molecular weight is 354 g/mol. The first-order valence-corrected chi connectivity index (χ1v) is 7.87. The SMILES string of the molecule is C=CC(=O)COCCOC(=O)Oc1ccc(C(=O)c2ccccc2)cc1. The minimum Gasteiger partial charge on any atom is -0.432 e. The van der Waals surface area contributed by atoms with Crippen molar-refractivity contribution < 1.29 is 28.6 Å². The van der Waals surface area contributed by atoms with Crippen LogP contribution in [0.2, 0.25) is 0 Å². The van der Waals surface area contributed by atoms with Gasteiger partial charge in [-0.1, -0.05) is 36.9 Å². The van der Waals surface area contributed by atoms with Crippen LogP contribution >= 0.6 is 0 Å². The van der Waals surface area contributed by atoms with E-state index in [-0.39, 0.29) is 37.1 Å². The normalized spacial score (nSPS) is 10.0. The first kappa shape index (κ1) is 19.1. The summed E-state index contributed by atoms with van der Waals surface area (Å²) in [4.78, 5) is 34.7. The predicted octanol–water partition coefficient (Wildman–Crippen LogP) is 3.20. The Morgan fingerprint density at radius 2 is 1.54 bits per heavy atom. The van der Waals surface area contributed by atoms with Gasteiger partial charge in [0.25, 0.3) is 0 Å². The summed E-state index contributed by atoms with van der Waals surface area (Å²) in [5.74, 6) is -0.119. The molecular formula is C20H18O6. The molecule has 134 valence electrons. The van der Waals surface area contributed by atoms with Crippen LogP contribution in [0.4, 0.5) is 4.79 Å². The summed E-state index contributed by atoms with van der Waals surface area (Å²) in [5, 5.41) is 0. The van der Waals surface area contributed by atoms with Crippen LogP contribution in [0, 0.1) is 0 Å². The Labute approximate surface area is 151 Å². The van der Waals surface area contributed by atoms with Crippen LogP contribution < -0.4 is 4.74 Å². The third-order valence-electron chi connectivity index (χ3n) is 3.27. The zero-order chi connectivity index (χ0) is 18.8. The van der Waals surface area contributed by atoms with Gasteiger partial charge in [-0.2, -0.15) is 0 Å². The van der Waals surface area contributed by atoms with Crippen LogP contribution in [0.3, 0.4) is 0 Å². The number of ketones is 2. The van der Waals surface area contributed by atoms with Gasteiger partial charge in [-0.25, -0.2) is 4.79 Å². The number of carbonyl (C=O) groups excluding carboxylic acids is 3. The molecule has 26 heavy (non-hydrogen) atoms. The minimum atomic E-state index is -0.897. The highest BCUT2D eigenvalue weighted by atomic mass is 16.7. The molecule has 2 rings (SSSR count). The molecular weight excluding hydrogens is 336 g/mol. The summed E-state index contributed by atoms with van der Waals surface area (Å²) in [6, 6.07) is 15.0. The first-order chi connectivity index (χ1) is 12.6. The van der Waals surface area contributed by atoms with Crippen molar-refractivity contribution in [2.24, 2.45) is 0 Å². The van der Waals surface area contributed by atoms with Gasteiger partial charge in [0.2, 0.25) is 0 Å². The summed E-state index contributed by atoms with van der Waals surface area (Å²) in [6.45, 7) is 3.22. The molecule has 0 aliphatic carbocycles. The van der Waals surface area contributed by atoms with Crippen LogP contribution in [-0.4, -0.2) is 37.5 Å². The lowest BCUT2D eigenvalue weighted by Crippen LogP contribution is -2.16. The molecule has 0 fully saturated rings. The second-order valence-corrected chi connectivity index (χ2v) is 5.14. The zero-order valence-electron chi connectivity index (χ0n) is 14.1. The largest absolute Gasteiger partial charge is 0.513 e. The van der Waals surface area contributed by atoms with Crippen LogP contribution in [0.25, 0.3) is 0 Å². The first-order valence-electron chi connectivity index (χ1n) is 7.87. The fourth-order valence-electron chi connectivity index (χ4n) is 1.97. The van der Waals surface area contributed by atoms with Gasteiger partial charge < -0.3 is 14.2 Å². The monoisotopic (exact) mass is 354 g/mol. The Kier molecular flexibility index (Phi) is 7.27. The molecule has 0 radical (unpaired) electrons. The van der Waals surface area contributed by atoms with E-state index in [1.54, 1.807) is 36.4 Å². The van der Waals surface area contributed by atoms with Crippen molar-refractivity contribution in [2.75, 3.05) is 19.8 Å². The lowest BCUT2D eigenvalue weighted by Gasteiger charge is -2.07. The molecule has 0 aliphatic rings. The van der Waals surface area contributed by atoms with Crippen LogP contribution in [0.15, 0.2) is 67.3 Å². The van der Waals surface area contributed by atoms with Crippen LogP contribution in [0.1, 0.15) is 15.9 Å². The van der Waals surface area contributed by atoms with E-state index in [0.29, 0.717) is 11.1 Å². The quantitative estimate of drug-likeness (QED) is 0.226. The smallest absolute Gasteiger partial charge is 0.432 e. The Hall–Kier alpha value is -3.25. The molecule has 0 aliphatic heterocycles. The summed E-state index contributed by atoms with van der Waals surface area (Å²) in [6.07, 6.45) is 0.257. The van der Waals surface area contributed by atoms with Gasteiger partial charge >= 0.3 is 6.16 Å². The zero-order valence-corrected chi connectivity index (χ0v) is 14.1. The van der Waals surface area contributed by atoms with Gasteiger partial charge in [0.1, 0.15) is 19.0 Å². The molecule has 0 aromatic heterocycles. The van der Waals surface area contributed by atoms with Crippen molar-refractivity contribution in [3.05, 3.63) is 78.4 Å². The molecule has 6 nitrogen and oxygen atoms in total. The van der Waals surface area contributed by atoms with E-state index in [0.717, 1.165) is 6.08 Å². The van der Waals surface area contributed by atoms with Crippen molar-refractivity contribution in [1.82, 2.24) is 0 Å². The lowest BCUT2D eigenvalue weighted by molar-refractivity contribution is -0.119. The van der Waals surface area contributed by atoms with E-state index in [4.69, 9.17) is 14.2 Å². The molecule has 0 heterocycles. The highest BCUT2D eigenvalue weighted by Gasteiger charge is 2.10. The topological polar surface area (TPSA) is 78.9 Å². The van der Waals surface area contributed by atoms with E-state index >= 15 is 0 Å². The van der Waals surface area contributed by atoms with E-state index in [1.165, 1.54) is 12.1 Å². The molecule has 0 N–H and O–H groups in total. The molecule has 0 amide bonds. The van der Waals surface area contributed by atoms with E-state index < -0.39 is 6.16 Å². The van der Waals surface area contributed by atoms with Crippen LogP contribution in [-0.2, 0) is 14.3 Å². The van der Waals surface area contributed by atoms with Gasteiger partial charge in [0.15, 0.2) is 11.6 Å². The van der Waals surface area contributed by atoms with Gasteiger partial charge in [-0.05, 0) is 30.3 Å². The molecule has 0 saturated heterocycles. The highest BCUT2D eigenvalue weighted by Crippen LogP contribution is 2.16. The fraction of sp³-hybridized carbons (Fsp3) is 0.150. The molecule has 0 unspecified atom stereocenters. The van der Waals surface area contributed by atoms with Crippen molar-refractivity contribution >= 4 is 17.7 Å². The number of hydrogen-bond acceptors (Lipinski definition) is 6. The third-order valence-corrected chi connectivity index (χ3v) is 3.27. The second kappa shape index (κ2) is 9.90. The van der Waals surface area contributed by atoms with Gasteiger partial charge in [0, 0.05) is 11.1 Å². The maximum absolute atomic E-state index is 12.3. The fourth-order valence-corrected chi connectivity index (χ4v) is 1.97. The Balaban J connectivity index is 1.78. The molecule has 6 heteroatoms. The highest BCUT2D eigenvalue weighted by molar-refractivity contribution is 6.09. The van der Waals surface area contributed by atoms with Crippen molar-refractivity contribution in [3.63, 3.8) is 0 Å². The number of carbonyl (C=O) groups is 3. The third kappa shape index (κ3) is 5.99. The number of rotatable bonds is 9. The number of benzene rings is 2. The standard InChI is InChI=1S/C20H18O6/c1-2-17(21)14-24-12-13-25-20(23)26-18-10-8-16(9-11-18)19(22)15-6-4-3-5-7-15/h2-11H,1,12-14H2. The summed E-state index contributed by atoms with van der Waals surface area (Å²) >= 11 is 0. The molecule has 0 spiro atoms. The van der Waals surface area contributed by atoms with Gasteiger partial charge in [-0.15, -0.1) is 0 Å². The Morgan fingerprint density at radius 1 is 0.885 bits per heavy atom. The van der Waals surface area contributed by atoms with Gasteiger partial charge in [-0.3, -0.25) is 9.59 Å². The summed E-state index contributed by atoms with van der Waals surface area (Å²) in [7, 11) is 0.